The second-order valence-electron chi connectivity index (χ2n) is 4.00. The lowest BCUT2D eigenvalue weighted by Gasteiger charge is -2.06. The van der Waals surface area contributed by atoms with Gasteiger partial charge in [0.2, 0.25) is 5.91 Å². The van der Waals surface area contributed by atoms with Gasteiger partial charge >= 0.3 is 0 Å². The van der Waals surface area contributed by atoms with Crippen LogP contribution in [0.4, 0.5) is 0 Å². The lowest BCUT2D eigenvalue weighted by atomic mass is 10.4. The second kappa shape index (κ2) is 5.46. The summed E-state index contributed by atoms with van der Waals surface area (Å²) in [6.45, 7) is 0.975. The minimum absolute atomic E-state index is 0.107. The average molecular weight is 248 g/mol. The largest absolute Gasteiger partial charge is 0.353 e. The first-order chi connectivity index (χ1) is 8.69. The average Bonchev–Trinajstić information content (AvgIpc) is 2.96. The molecular weight excluding hydrogens is 232 g/mol. The Hall–Kier alpha value is -2.15. The Kier molecular flexibility index (Phi) is 3.73. The van der Waals surface area contributed by atoms with Crippen LogP contribution in [0.5, 0.6) is 0 Å². The fourth-order valence-electron chi connectivity index (χ4n) is 1.58. The van der Waals surface area contributed by atoms with E-state index in [1.165, 1.54) is 4.68 Å². The van der Waals surface area contributed by atoms with Crippen LogP contribution in [0.1, 0.15) is 11.4 Å². The zero-order chi connectivity index (χ0) is 13.0. The van der Waals surface area contributed by atoms with Crippen LogP contribution < -0.4 is 11.1 Å². The van der Waals surface area contributed by atoms with Crippen LogP contribution in [-0.4, -0.2) is 25.5 Å². The van der Waals surface area contributed by atoms with E-state index in [4.69, 9.17) is 5.73 Å². The molecule has 7 heteroatoms. The molecule has 0 aliphatic heterocycles. The molecule has 18 heavy (non-hydrogen) atoms. The number of rotatable bonds is 5. The highest BCUT2D eigenvalue weighted by Gasteiger charge is 2.06. The molecule has 0 fully saturated rings. The van der Waals surface area contributed by atoms with Crippen LogP contribution in [0, 0.1) is 0 Å². The second-order valence-corrected chi connectivity index (χ2v) is 4.00. The van der Waals surface area contributed by atoms with Crippen molar-refractivity contribution in [2.75, 3.05) is 0 Å². The highest BCUT2D eigenvalue weighted by molar-refractivity contribution is 5.75. The molecule has 0 atom stereocenters. The fraction of sp³-hybridized carbons (Fsp3) is 0.364. The predicted octanol–water partition coefficient (Wildman–Crippen LogP) is -0.608. The number of nitrogens with one attached hydrogen (secondary N) is 1. The smallest absolute Gasteiger partial charge is 0.242 e. The van der Waals surface area contributed by atoms with Crippen molar-refractivity contribution in [3.05, 3.63) is 35.9 Å². The van der Waals surface area contributed by atoms with Gasteiger partial charge in [-0.2, -0.15) is 0 Å². The van der Waals surface area contributed by atoms with Crippen LogP contribution in [0.2, 0.25) is 0 Å². The van der Waals surface area contributed by atoms with Gasteiger partial charge in [-0.1, -0.05) is 5.21 Å². The van der Waals surface area contributed by atoms with E-state index in [9.17, 15) is 4.79 Å². The SMILES string of the molecule is Cn1cccc1CNC(=O)Cn1cc(CN)nn1. The molecule has 2 aromatic rings. The molecule has 96 valence electrons. The number of amides is 1. The zero-order valence-corrected chi connectivity index (χ0v) is 10.2. The molecule has 7 nitrogen and oxygen atoms in total. The summed E-state index contributed by atoms with van der Waals surface area (Å²) in [5.41, 5.74) is 7.13. The van der Waals surface area contributed by atoms with Crippen molar-refractivity contribution in [3.8, 4) is 0 Å². The lowest BCUT2D eigenvalue weighted by molar-refractivity contribution is -0.122. The van der Waals surface area contributed by atoms with Gasteiger partial charge in [-0.3, -0.25) is 4.79 Å². The Morgan fingerprint density at radius 3 is 3.00 bits per heavy atom. The number of nitrogens with two attached hydrogens (primary N) is 1. The molecule has 0 spiro atoms. The monoisotopic (exact) mass is 248 g/mol. The van der Waals surface area contributed by atoms with Gasteiger partial charge in [0, 0.05) is 25.5 Å². The predicted molar refractivity (Wildman–Crippen MR) is 65.2 cm³/mol. The van der Waals surface area contributed by atoms with E-state index in [1.54, 1.807) is 6.20 Å². The fourth-order valence-corrected chi connectivity index (χ4v) is 1.58. The minimum atomic E-state index is -0.107. The molecule has 2 rings (SSSR count). The molecule has 0 aliphatic rings. The minimum Gasteiger partial charge on any atom is -0.353 e. The van der Waals surface area contributed by atoms with Gasteiger partial charge in [-0.05, 0) is 12.1 Å². The van der Waals surface area contributed by atoms with E-state index in [0.717, 1.165) is 5.69 Å². The molecule has 0 saturated heterocycles. The highest BCUT2D eigenvalue weighted by atomic mass is 16.2. The first-order valence-electron chi connectivity index (χ1n) is 5.65. The van der Waals surface area contributed by atoms with Crippen molar-refractivity contribution in [2.24, 2.45) is 12.8 Å². The third-order valence-electron chi connectivity index (χ3n) is 2.62. The first-order valence-corrected chi connectivity index (χ1v) is 5.65. The molecule has 0 aromatic carbocycles. The molecule has 3 N–H and O–H groups in total. The van der Waals surface area contributed by atoms with E-state index >= 15 is 0 Å². The van der Waals surface area contributed by atoms with Crippen molar-refractivity contribution >= 4 is 5.91 Å². The third kappa shape index (κ3) is 2.95. The van der Waals surface area contributed by atoms with Crippen molar-refractivity contribution in [1.82, 2.24) is 24.9 Å². The Labute approximate surface area is 105 Å². The quantitative estimate of drug-likeness (QED) is 0.738. The molecule has 0 bridgehead atoms. The molecule has 0 aliphatic carbocycles. The summed E-state index contributed by atoms with van der Waals surface area (Å²) in [6, 6.07) is 3.90. The third-order valence-corrected chi connectivity index (χ3v) is 2.62. The molecule has 0 unspecified atom stereocenters. The number of aromatic nitrogens is 4. The summed E-state index contributed by atoms with van der Waals surface area (Å²) in [7, 11) is 1.94. The number of nitrogens with zero attached hydrogens (tertiary/aromatic N) is 4. The molecule has 0 radical (unpaired) electrons. The van der Waals surface area contributed by atoms with Crippen molar-refractivity contribution < 1.29 is 4.79 Å². The number of hydrogen-bond donors (Lipinski definition) is 2. The van der Waals surface area contributed by atoms with Gasteiger partial charge in [0.05, 0.1) is 18.4 Å². The molecule has 2 aromatic heterocycles. The maximum atomic E-state index is 11.7. The maximum absolute atomic E-state index is 11.7. The maximum Gasteiger partial charge on any atom is 0.242 e. The summed E-state index contributed by atoms with van der Waals surface area (Å²) in [5.74, 6) is -0.107. The normalized spacial score (nSPS) is 10.6. The van der Waals surface area contributed by atoms with Crippen LogP contribution in [0.3, 0.4) is 0 Å². The first kappa shape index (κ1) is 12.3. The number of carbonyl (C=O) groups is 1. The number of hydrogen-bond acceptors (Lipinski definition) is 4. The molecule has 2 heterocycles. The summed E-state index contributed by atoms with van der Waals surface area (Å²) in [5, 5.41) is 10.4. The van der Waals surface area contributed by atoms with Gasteiger partial charge in [0.1, 0.15) is 6.54 Å². The van der Waals surface area contributed by atoms with E-state index < -0.39 is 0 Å². The number of carbonyl (C=O) groups excluding carboxylic acids is 1. The van der Waals surface area contributed by atoms with Crippen LogP contribution in [-0.2, 0) is 31.5 Å². The summed E-state index contributed by atoms with van der Waals surface area (Å²) < 4.78 is 3.44. The van der Waals surface area contributed by atoms with Gasteiger partial charge in [-0.15, -0.1) is 5.10 Å². The van der Waals surface area contributed by atoms with E-state index in [0.29, 0.717) is 18.8 Å². The van der Waals surface area contributed by atoms with Crippen LogP contribution in [0.15, 0.2) is 24.5 Å². The molecule has 0 saturated carbocycles. The van der Waals surface area contributed by atoms with Gasteiger partial charge in [0.25, 0.3) is 0 Å². The molecule has 1 amide bonds. The van der Waals surface area contributed by atoms with Crippen LogP contribution in [0.25, 0.3) is 0 Å². The van der Waals surface area contributed by atoms with Crippen molar-refractivity contribution in [2.45, 2.75) is 19.6 Å². The van der Waals surface area contributed by atoms with Crippen LogP contribution >= 0.6 is 0 Å². The Balaban J connectivity index is 1.84. The van der Waals surface area contributed by atoms with Gasteiger partial charge in [0.15, 0.2) is 0 Å². The lowest BCUT2D eigenvalue weighted by Crippen LogP contribution is -2.28. The van der Waals surface area contributed by atoms with E-state index in [2.05, 4.69) is 15.6 Å². The highest BCUT2D eigenvalue weighted by Crippen LogP contribution is 1.98. The van der Waals surface area contributed by atoms with E-state index in [1.807, 2.05) is 29.9 Å². The van der Waals surface area contributed by atoms with Gasteiger partial charge < -0.3 is 15.6 Å². The summed E-state index contributed by atoms with van der Waals surface area (Å²) >= 11 is 0. The Morgan fingerprint density at radius 1 is 1.56 bits per heavy atom. The van der Waals surface area contributed by atoms with Crippen molar-refractivity contribution in [3.63, 3.8) is 0 Å². The summed E-state index contributed by atoms with van der Waals surface area (Å²) in [6.07, 6.45) is 3.61. The summed E-state index contributed by atoms with van der Waals surface area (Å²) in [4.78, 5) is 11.7. The Bertz CT molecular complexity index is 529. The van der Waals surface area contributed by atoms with E-state index in [-0.39, 0.29) is 12.5 Å². The Morgan fingerprint density at radius 2 is 2.39 bits per heavy atom. The van der Waals surface area contributed by atoms with Crippen molar-refractivity contribution in [1.29, 1.82) is 0 Å². The standard InChI is InChI=1S/C11H16N6O/c1-16-4-2-3-10(16)6-13-11(18)8-17-7-9(5-12)14-15-17/h2-4,7H,5-6,8,12H2,1H3,(H,13,18). The number of aryl methyl sites for hydroxylation is 1. The molecular formula is C11H16N6O. The topological polar surface area (TPSA) is 90.8 Å². The van der Waals surface area contributed by atoms with Gasteiger partial charge in [-0.25, -0.2) is 4.68 Å². The zero-order valence-electron chi connectivity index (χ0n) is 10.2.